The molecule has 0 saturated carbocycles. The molecule has 0 aliphatic carbocycles. The lowest BCUT2D eigenvalue weighted by molar-refractivity contribution is -0.0195. The Morgan fingerprint density at radius 3 is 2.65 bits per heavy atom. The van der Waals surface area contributed by atoms with Crippen molar-refractivity contribution in [3.8, 4) is 5.75 Å². The van der Waals surface area contributed by atoms with Gasteiger partial charge in [0.1, 0.15) is 5.75 Å². The summed E-state index contributed by atoms with van der Waals surface area (Å²) in [5.74, 6) is 0.745. The number of nitrogens with zero attached hydrogens (tertiary/aromatic N) is 1. The highest BCUT2D eigenvalue weighted by molar-refractivity contribution is 5.27. The van der Waals surface area contributed by atoms with Crippen LogP contribution < -0.4 is 10.5 Å². The Morgan fingerprint density at radius 2 is 2.12 bits per heavy atom. The van der Waals surface area contributed by atoms with Crippen LogP contribution in [0.15, 0.2) is 18.5 Å². The van der Waals surface area contributed by atoms with E-state index in [1.54, 1.807) is 19.5 Å². The van der Waals surface area contributed by atoms with Crippen LogP contribution in [-0.4, -0.2) is 24.3 Å². The average molecular weight is 238 g/mol. The zero-order valence-corrected chi connectivity index (χ0v) is 11.1. The summed E-state index contributed by atoms with van der Waals surface area (Å²) in [7, 11) is 1.68. The van der Waals surface area contributed by atoms with Crippen molar-refractivity contribution in [1.29, 1.82) is 0 Å². The van der Waals surface area contributed by atoms with Gasteiger partial charge in [0, 0.05) is 13.3 Å². The van der Waals surface area contributed by atoms with Gasteiger partial charge in [0.2, 0.25) is 0 Å². The summed E-state index contributed by atoms with van der Waals surface area (Å²) in [6, 6.07) is 1.71. The van der Waals surface area contributed by atoms with Crippen LogP contribution in [0.1, 0.15) is 38.8 Å². The Morgan fingerprint density at radius 1 is 1.41 bits per heavy atom. The van der Waals surface area contributed by atoms with Gasteiger partial charge in [0.25, 0.3) is 0 Å². The normalized spacial score (nSPS) is 16.3. The Hall–Kier alpha value is -1.13. The largest absolute Gasteiger partial charge is 0.492 e. The van der Waals surface area contributed by atoms with E-state index >= 15 is 0 Å². The van der Waals surface area contributed by atoms with Gasteiger partial charge in [-0.15, -0.1) is 0 Å². The number of aromatic nitrogens is 1. The van der Waals surface area contributed by atoms with Crippen molar-refractivity contribution in [2.45, 2.75) is 38.8 Å². The van der Waals surface area contributed by atoms with Crippen molar-refractivity contribution in [2.75, 3.05) is 13.7 Å². The molecule has 0 radical (unpaired) electrons. The fourth-order valence-corrected chi connectivity index (χ4v) is 1.70. The molecule has 0 aromatic carbocycles. The Balaban J connectivity index is 2.95. The second-order valence-electron chi connectivity index (χ2n) is 4.24. The first-order valence-electron chi connectivity index (χ1n) is 5.95. The topological polar surface area (TPSA) is 57.4 Å². The maximum absolute atomic E-state index is 6.24. The van der Waals surface area contributed by atoms with Gasteiger partial charge in [-0.2, -0.15) is 0 Å². The van der Waals surface area contributed by atoms with Crippen molar-refractivity contribution in [3.05, 3.63) is 24.0 Å². The van der Waals surface area contributed by atoms with Crippen LogP contribution in [0.5, 0.6) is 5.75 Å². The van der Waals surface area contributed by atoms with Crippen LogP contribution in [0.25, 0.3) is 0 Å². The molecule has 4 nitrogen and oxygen atoms in total. The molecule has 1 aromatic rings. The molecule has 2 unspecified atom stereocenters. The monoisotopic (exact) mass is 238 g/mol. The fraction of sp³-hybridized carbons (Fsp3) is 0.615. The SMILES string of the molecule is CCOc1cncc(C(N)C(C)(CC)OC)c1. The number of pyridine rings is 1. The molecule has 0 saturated heterocycles. The molecule has 2 atom stereocenters. The van der Waals surface area contributed by atoms with Crippen LogP contribution >= 0.6 is 0 Å². The van der Waals surface area contributed by atoms with Gasteiger partial charge in [-0.1, -0.05) is 6.92 Å². The third-order valence-corrected chi connectivity index (χ3v) is 3.23. The van der Waals surface area contributed by atoms with E-state index in [9.17, 15) is 0 Å². The second-order valence-corrected chi connectivity index (χ2v) is 4.24. The lowest BCUT2D eigenvalue weighted by atomic mass is 9.89. The lowest BCUT2D eigenvalue weighted by Crippen LogP contribution is -2.39. The van der Waals surface area contributed by atoms with E-state index in [4.69, 9.17) is 15.2 Å². The number of nitrogens with two attached hydrogens (primary N) is 1. The molecule has 96 valence electrons. The number of ether oxygens (including phenoxy) is 2. The smallest absolute Gasteiger partial charge is 0.137 e. The summed E-state index contributed by atoms with van der Waals surface area (Å²) in [4.78, 5) is 4.15. The van der Waals surface area contributed by atoms with Gasteiger partial charge < -0.3 is 15.2 Å². The molecule has 1 rings (SSSR count). The third kappa shape index (κ3) is 3.17. The molecule has 1 aromatic heterocycles. The van der Waals surface area contributed by atoms with E-state index < -0.39 is 0 Å². The van der Waals surface area contributed by atoms with Gasteiger partial charge >= 0.3 is 0 Å². The quantitative estimate of drug-likeness (QED) is 0.826. The van der Waals surface area contributed by atoms with Crippen LogP contribution in [0, 0.1) is 0 Å². The van der Waals surface area contributed by atoms with Crippen LogP contribution in [0.3, 0.4) is 0 Å². The zero-order chi connectivity index (χ0) is 12.9. The van der Waals surface area contributed by atoms with Crippen molar-refractivity contribution >= 4 is 0 Å². The standard InChI is InChI=1S/C13H22N2O2/c1-5-13(3,16-4)12(14)10-7-11(17-6-2)9-15-8-10/h7-9,12H,5-6,14H2,1-4H3. The minimum atomic E-state index is -0.382. The van der Waals surface area contributed by atoms with E-state index in [1.807, 2.05) is 19.9 Å². The molecular formula is C13H22N2O2. The van der Waals surface area contributed by atoms with Gasteiger partial charge in [-0.25, -0.2) is 0 Å². The highest BCUT2D eigenvalue weighted by Crippen LogP contribution is 2.30. The highest BCUT2D eigenvalue weighted by atomic mass is 16.5. The van der Waals surface area contributed by atoms with E-state index in [2.05, 4.69) is 11.9 Å². The predicted molar refractivity (Wildman–Crippen MR) is 68.0 cm³/mol. The summed E-state index contributed by atoms with van der Waals surface area (Å²) in [6.07, 6.45) is 4.29. The van der Waals surface area contributed by atoms with Crippen LogP contribution in [0.2, 0.25) is 0 Å². The van der Waals surface area contributed by atoms with E-state index in [0.29, 0.717) is 6.61 Å². The number of methoxy groups -OCH3 is 1. The Kier molecular flexibility index (Phi) is 4.90. The lowest BCUT2D eigenvalue weighted by Gasteiger charge is -2.33. The van der Waals surface area contributed by atoms with Crippen molar-refractivity contribution < 1.29 is 9.47 Å². The number of hydrogen-bond acceptors (Lipinski definition) is 4. The van der Waals surface area contributed by atoms with Crippen molar-refractivity contribution in [1.82, 2.24) is 4.98 Å². The molecule has 4 heteroatoms. The zero-order valence-electron chi connectivity index (χ0n) is 11.1. The first kappa shape index (κ1) is 13.9. The minimum Gasteiger partial charge on any atom is -0.492 e. The van der Waals surface area contributed by atoms with Gasteiger partial charge in [0.05, 0.1) is 24.4 Å². The molecule has 0 aliphatic rings. The van der Waals surface area contributed by atoms with Crippen LogP contribution in [0.4, 0.5) is 0 Å². The molecule has 2 N–H and O–H groups in total. The number of hydrogen-bond donors (Lipinski definition) is 1. The predicted octanol–water partition coefficient (Wildman–Crippen LogP) is 2.30. The molecule has 0 fully saturated rings. The number of rotatable bonds is 6. The molecular weight excluding hydrogens is 216 g/mol. The van der Waals surface area contributed by atoms with Gasteiger partial charge in [-0.05, 0) is 31.9 Å². The summed E-state index contributed by atoms with van der Waals surface area (Å²) in [5.41, 5.74) is 6.79. The fourth-order valence-electron chi connectivity index (χ4n) is 1.70. The Bertz CT molecular complexity index is 351. The molecule has 1 heterocycles. The highest BCUT2D eigenvalue weighted by Gasteiger charge is 2.31. The summed E-state index contributed by atoms with van der Waals surface area (Å²) >= 11 is 0. The molecule has 0 bridgehead atoms. The summed E-state index contributed by atoms with van der Waals surface area (Å²) < 4.78 is 10.9. The average Bonchev–Trinajstić information content (AvgIpc) is 2.37. The summed E-state index contributed by atoms with van der Waals surface area (Å²) in [6.45, 7) is 6.63. The van der Waals surface area contributed by atoms with Crippen LogP contribution in [-0.2, 0) is 4.74 Å². The molecule has 0 amide bonds. The van der Waals surface area contributed by atoms with Crippen molar-refractivity contribution in [2.24, 2.45) is 5.73 Å². The van der Waals surface area contributed by atoms with E-state index in [1.165, 1.54) is 0 Å². The van der Waals surface area contributed by atoms with E-state index in [-0.39, 0.29) is 11.6 Å². The maximum Gasteiger partial charge on any atom is 0.137 e. The van der Waals surface area contributed by atoms with E-state index in [0.717, 1.165) is 17.7 Å². The first-order valence-corrected chi connectivity index (χ1v) is 5.95. The minimum absolute atomic E-state index is 0.217. The van der Waals surface area contributed by atoms with Crippen molar-refractivity contribution in [3.63, 3.8) is 0 Å². The first-order chi connectivity index (χ1) is 8.07. The van der Waals surface area contributed by atoms with Gasteiger partial charge in [-0.3, -0.25) is 4.98 Å². The Labute approximate surface area is 103 Å². The summed E-state index contributed by atoms with van der Waals surface area (Å²) in [5, 5.41) is 0. The maximum atomic E-state index is 6.24. The second kappa shape index (κ2) is 5.98. The van der Waals surface area contributed by atoms with Gasteiger partial charge in [0.15, 0.2) is 0 Å². The third-order valence-electron chi connectivity index (χ3n) is 3.23. The molecule has 17 heavy (non-hydrogen) atoms. The molecule has 0 spiro atoms. The molecule has 0 aliphatic heterocycles.